The van der Waals surface area contributed by atoms with Gasteiger partial charge in [-0.15, -0.1) is 11.3 Å². The summed E-state index contributed by atoms with van der Waals surface area (Å²) in [6.45, 7) is 2.06. The van der Waals surface area contributed by atoms with E-state index >= 15 is 0 Å². The Labute approximate surface area is 158 Å². The number of carbonyl (C=O) groups is 1. The molecule has 0 aliphatic rings. The molecule has 0 radical (unpaired) electrons. The Balaban J connectivity index is 1.55. The molecule has 138 valence electrons. The van der Waals surface area contributed by atoms with Crippen molar-refractivity contribution in [1.82, 2.24) is 19.5 Å². The van der Waals surface area contributed by atoms with Gasteiger partial charge in [0.1, 0.15) is 23.6 Å². The number of aromatic nitrogens is 3. The summed E-state index contributed by atoms with van der Waals surface area (Å²) in [7, 11) is 1.60. The van der Waals surface area contributed by atoms with Gasteiger partial charge in [0.25, 0.3) is 5.56 Å². The van der Waals surface area contributed by atoms with Gasteiger partial charge in [0.15, 0.2) is 0 Å². The molecule has 0 spiro atoms. The number of fused-ring (bicyclic) bond motifs is 3. The van der Waals surface area contributed by atoms with Gasteiger partial charge in [-0.3, -0.25) is 14.0 Å². The van der Waals surface area contributed by atoms with Crippen molar-refractivity contribution < 1.29 is 9.53 Å². The number of hydrogen-bond donors (Lipinski definition) is 1. The SMILES string of the molecule is COc1cccc(CNC(=O)Cn2nc(C)n3c(cc4sccc43)c2=O)c1. The molecule has 4 aromatic rings. The van der Waals surface area contributed by atoms with Crippen molar-refractivity contribution in [2.45, 2.75) is 20.0 Å². The molecule has 0 atom stereocenters. The average Bonchev–Trinajstić information content (AvgIpc) is 3.25. The fourth-order valence-corrected chi connectivity index (χ4v) is 3.91. The van der Waals surface area contributed by atoms with Gasteiger partial charge in [0.2, 0.25) is 5.91 Å². The van der Waals surface area contributed by atoms with Gasteiger partial charge in [0, 0.05) is 6.54 Å². The van der Waals surface area contributed by atoms with E-state index < -0.39 is 0 Å². The number of hydrogen-bond acceptors (Lipinski definition) is 5. The summed E-state index contributed by atoms with van der Waals surface area (Å²) >= 11 is 1.57. The molecule has 1 aromatic carbocycles. The first-order valence-corrected chi connectivity index (χ1v) is 9.31. The zero-order valence-electron chi connectivity index (χ0n) is 14.9. The zero-order valence-corrected chi connectivity index (χ0v) is 15.7. The van der Waals surface area contributed by atoms with Crippen molar-refractivity contribution in [3.8, 4) is 5.75 Å². The molecular formula is C19H18N4O3S. The van der Waals surface area contributed by atoms with Crippen LogP contribution in [0.5, 0.6) is 5.75 Å². The third kappa shape index (κ3) is 3.19. The highest BCUT2D eigenvalue weighted by molar-refractivity contribution is 7.17. The maximum absolute atomic E-state index is 12.7. The second kappa shape index (κ2) is 6.88. The molecule has 0 unspecified atom stereocenters. The fraction of sp³-hybridized carbons (Fsp3) is 0.211. The molecule has 0 aliphatic carbocycles. The van der Waals surface area contributed by atoms with Gasteiger partial charge in [0.05, 0.1) is 17.3 Å². The van der Waals surface area contributed by atoms with E-state index in [2.05, 4.69) is 10.4 Å². The third-order valence-corrected chi connectivity index (χ3v) is 5.24. The number of benzene rings is 1. The second-order valence-electron chi connectivity index (χ2n) is 6.17. The number of methoxy groups -OCH3 is 1. The Morgan fingerprint density at radius 3 is 2.93 bits per heavy atom. The summed E-state index contributed by atoms with van der Waals surface area (Å²) in [6, 6.07) is 11.3. The predicted molar refractivity (Wildman–Crippen MR) is 104 cm³/mol. The highest BCUT2D eigenvalue weighted by Crippen LogP contribution is 2.24. The topological polar surface area (TPSA) is 77.6 Å². The lowest BCUT2D eigenvalue weighted by Crippen LogP contribution is -2.34. The lowest BCUT2D eigenvalue weighted by atomic mass is 10.2. The number of thiophene rings is 1. The number of amides is 1. The largest absolute Gasteiger partial charge is 0.497 e. The molecule has 0 saturated heterocycles. The first-order chi connectivity index (χ1) is 13.1. The van der Waals surface area contributed by atoms with Crippen LogP contribution in [0, 0.1) is 6.92 Å². The summed E-state index contributed by atoms with van der Waals surface area (Å²) < 4.78 is 9.25. The van der Waals surface area contributed by atoms with E-state index in [-0.39, 0.29) is 18.0 Å². The molecule has 0 fully saturated rings. The molecule has 27 heavy (non-hydrogen) atoms. The van der Waals surface area contributed by atoms with Crippen LogP contribution in [0.25, 0.3) is 15.7 Å². The summed E-state index contributed by atoms with van der Waals surface area (Å²) in [5.74, 6) is 1.12. The molecule has 0 saturated carbocycles. The first kappa shape index (κ1) is 17.3. The highest BCUT2D eigenvalue weighted by atomic mass is 32.1. The van der Waals surface area contributed by atoms with Crippen molar-refractivity contribution in [3.63, 3.8) is 0 Å². The van der Waals surface area contributed by atoms with E-state index in [1.807, 2.05) is 53.1 Å². The minimum Gasteiger partial charge on any atom is -0.497 e. The molecular weight excluding hydrogens is 364 g/mol. The molecule has 7 nitrogen and oxygen atoms in total. The van der Waals surface area contributed by atoms with E-state index in [9.17, 15) is 9.59 Å². The Bertz CT molecular complexity index is 1200. The Morgan fingerprint density at radius 1 is 1.26 bits per heavy atom. The van der Waals surface area contributed by atoms with Gasteiger partial charge < -0.3 is 10.1 Å². The van der Waals surface area contributed by atoms with E-state index in [4.69, 9.17) is 4.74 Å². The van der Waals surface area contributed by atoms with E-state index in [1.54, 1.807) is 18.4 Å². The number of aryl methyl sites for hydroxylation is 1. The number of rotatable bonds is 5. The standard InChI is InChI=1S/C19H18N4O3S/c1-12-21-22(19(25)16-9-17-15(23(12)16)6-7-27-17)11-18(24)20-10-13-4-3-5-14(8-13)26-2/h3-9H,10-11H2,1-2H3,(H,20,24). The van der Waals surface area contributed by atoms with E-state index in [0.717, 1.165) is 21.5 Å². The van der Waals surface area contributed by atoms with Crippen LogP contribution in [0.2, 0.25) is 0 Å². The molecule has 8 heteroatoms. The number of carbonyl (C=O) groups excluding carboxylic acids is 1. The van der Waals surface area contributed by atoms with Gasteiger partial charge in [-0.05, 0) is 42.1 Å². The highest BCUT2D eigenvalue weighted by Gasteiger charge is 2.14. The number of ether oxygens (including phenoxy) is 1. The maximum Gasteiger partial charge on any atom is 0.291 e. The van der Waals surface area contributed by atoms with Gasteiger partial charge in [-0.25, -0.2) is 4.68 Å². The molecule has 3 aromatic heterocycles. The van der Waals surface area contributed by atoms with Crippen molar-refractivity contribution in [3.05, 3.63) is 63.5 Å². The molecule has 1 amide bonds. The average molecular weight is 382 g/mol. The lowest BCUT2D eigenvalue weighted by Gasteiger charge is -2.10. The van der Waals surface area contributed by atoms with E-state index in [1.165, 1.54) is 4.68 Å². The molecule has 0 bridgehead atoms. The van der Waals surface area contributed by atoms with Crippen LogP contribution in [-0.4, -0.2) is 27.2 Å². The number of nitrogens with one attached hydrogen (secondary N) is 1. The quantitative estimate of drug-likeness (QED) is 0.575. The summed E-state index contributed by atoms with van der Waals surface area (Å²) in [4.78, 5) is 25.0. The minimum absolute atomic E-state index is 0.126. The zero-order chi connectivity index (χ0) is 19.0. The Hall–Kier alpha value is -3.13. The predicted octanol–water partition coefficient (Wildman–Crippen LogP) is 2.34. The van der Waals surface area contributed by atoms with Crippen LogP contribution in [0.15, 0.2) is 46.6 Å². The molecule has 0 aliphatic heterocycles. The lowest BCUT2D eigenvalue weighted by molar-refractivity contribution is -0.122. The summed E-state index contributed by atoms with van der Waals surface area (Å²) in [6.07, 6.45) is 0. The molecule has 4 rings (SSSR count). The summed E-state index contributed by atoms with van der Waals surface area (Å²) in [5.41, 5.74) is 2.14. The number of nitrogens with zero attached hydrogens (tertiary/aromatic N) is 3. The van der Waals surface area contributed by atoms with Crippen LogP contribution in [0.4, 0.5) is 0 Å². The van der Waals surface area contributed by atoms with Crippen LogP contribution in [0.1, 0.15) is 11.4 Å². The van der Waals surface area contributed by atoms with Crippen LogP contribution < -0.4 is 15.6 Å². The van der Waals surface area contributed by atoms with Crippen molar-refractivity contribution >= 4 is 33.0 Å². The van der Waals surface area contributed by atoms with Gasteiger partial charge >= 0.3 is 0 Å². The van der Waals surface area contributed by atoms with Crippen molar-refractivity contribution in [1.29, 1.82) is 0 Å². The van der Waals surface area contributed by atoms with Crippen molar-refractivity contribution in [2.24, 2.45) is 0 Å². The summed E-state index contributed by atoms with van der Waals surface area (Å²) in [5, 5.41) is 9.11. The van der Waals surface area contributed by atoms with Crippen LogP contribution >= 0.6 is 11.3 Å². The minimum atomic E-state index is -0.277. The second-order valence-corrected chi connectivity index (χ2v) is 7.12. The Kier molecular flexibility index (Phi) is 4.41. The first-order valence-electron chi connectivity index (χ1n) is 8.43. The van der Waals surface area contributed by atoms with Crippen molar-refractivity contribution in [2.75, 3.05) is 7.11 Å². The molecule has 3 heterocycles. The smallest absolute Gasteiger partial charge is 0.291 e. The van der Waals surface area contributed by atoms with Crippen LogP contribution in [0.3, 0.4) is 0 Å². The fourth-order valence-electron chi connectivity index (χ4n) is 3.11. The van der Waals surface area contributed by atoms with Gasteiger partial charge in [-0.1, -0.05) is 12.1 Å². The third-order valence-electron chi connectivity index (χ3n) is 4.38. The van der Waals surface area contributed by atoms with E-state index in [0.29, 0.717) is 17.9 Å². The van der Waals surface area contributed by atoms with Gasteiger partial charge in [-0.2, -0.15) is 5.10 Å². The Morgan fingerprint density at radius 2 is 2.11 bits per heavy atom. The monoisotopic (exact) mass is 382 g/mol. The maximum atomic E-state index is 12.7. The van der Waals surface area contributed by atoms with Crippen LogP contribution in [-0.2, 0) is 17.9 Å². The normalized spacial score (nSPS) is 11.2. The molecule has 1 N–H and O–H groups in total.